The molecule has 4 N–H and O–H groups in total. The third-order valence-corrected chi connectivity index (χ3v) is 5.62. The van der Waals surface area contributed by atoms with Gasteiger partial charge in [-0.3, -0.25) is 9.59 Å². The maximum absolute atomic E-state index is 13.7. The molecule has 1 aliphatic carbocycles. The van der Waals surface area contributed by atoms with Crippen LogP contribution in [-0.4, -0.2) is 41.2 Å². The van der Waals surface area contributed by atoms with Crippen molar-refractivity contribution >= 4 is 29.1 Å². The summed E-state index contributed by atoms with van der Waals surface area (Å²) in [6.45, 7) is 1.86. The third kappa shape index (κ3) is 8.33. The molecule has 1 aromatic carbocycles. The van der Waals surface area contributed by atoms with Crippen LogP contribution in [0, 0.1) is 12.3 Å². The summed E-state index contributed by atoms with van der Waals surface area (Å²) >= 11 is 6.20. The molecule has 2 atom stereocenters. The molecule has 0 saturated carbocycles. The van der Waals surface area contributed by atoms with E-state index in [0.717, 1.165) is 16.7 Å². The van der Waals surface area contributed by atoms with Crippen molar-refractivity contribution in [2.75, 3.05) is 6.61 Å². The first-order valence-corrected chi connectivity index (χ1v) is 11.3. The number of nitrogens with one attached hydrogen (secondary N) is 1. The van der Waals surface area contributed by atoms with Gasteiger partial charge in [0.25, 0.3) is 0 Å². The van der Waals surface area contributed by atoms with E-state index in [-0.39, 0.29) is 24.5 Å². The molecule has 0 fully saturated rings. The average Bonchev–Trinajstić information content (AvgIpc) is 2.80. The van der Waals surface area contributed by atoms with Crippen molar-refractivity contribution in [2.45, 2.75) is 43.8 Å². The number of ether oxygens (including phenoxy) is 1. The second-order valence-corrected chi connectivity index (χ2v) is 8.37. The molecule has 0 spiro atoms. The Morgan fingerprint density at radius 3 is 2.58 bits per heavy atom. The summed E-state index contributed by atoms with van der Waals surface area (Å²) in [5.41, 5.74) is 6.90. The Hall–Kier alpha value is -3.48. The number of nitrogens with two attached hydrogens (primary N) is 1. The molecule has 0 radical (unpaired) electrons. The fraction of sp³-hybridized carbons (Fsp3) is 0.308. The first-order valence-electron chi connectivity index (χ1n) is 10.9. The Kier molecular flexibility index (Phi) is 10.4. The third-order valence-electron chi connectivity index (χ3n) is 5.23. The van der Waals surface area contributed by atoms with Crippen molar-refractivity contribution in [1.82, 2.24) is 5.32 Å². The van der Waals surface area contributed by atoms with Crippen molar-refractivity contribution in [2.24, 2.45) is 5.73 Å². The molecule has 1 unspecified atom stereocenters. The number of hydrogen-bond acceptors (Lipinski definition) is 4. The molecule has 1 amide bonds. The summed E-state index contributed by atoms with van der Waals surface area (Å²) in [4.78, 5) is 22.8. The minimum atomic E-state index is -4.76. The van der Waals surface area contributed by atoms with Gasteiger partial charge in [0, 0.05) is 18.5 Å². The fourth-order valence-corrected chi connectivity index (χ4v) is 3.63. The molecular formula is C26H26ClF3N2O4. The Labute approximate surface area is 212 Å². The summed E-state index contributed by atoms with van der Waals surface area (Å²) in [6, 6.07) is 6.03. The van der Waals surface area contributed by atoms with Gasteiger partial charge >= 0.3 is 12.1 Å². The van der Waals surface area contributed by atoms with Gasteiger partial charge in [-0.05, 0) is 41.9 Å². The monoisotopic (exact) mass is 522 g/mol. The number of alkyl halides is 4. The van der Waals surface area contributed by atoms with Gasteiger partial charge in [0.2, 0.25) is 5.91 Å². The zero-order valence-corrected chi connectivity index (χ0v) is 20.2. The van der Waals surface area contributed by atoms with Crippen molar-refractivity contribution < 1.29 is 32.6 Å². The molecule has 10 heteroatoms. The van der Waals surface area contributed by atoms with Crippen LogP contribution >= 0.6 is 11.6 Å². The van der Waals surface area contributed by atoms with Crippen LogP contribution in [0.15, 0.2) is 65.6 Å². The number of hydrogen-bond donors (Lipinski definition) is 3. The molecule has 192 valence electrons. The van der Waals surface area contributed by atoms with Gasteiger partial charge in [-0.15, -0.1) is 18.0 Å². The second kappa shape index (κ2) is 13.0. The van der Waals surface area contributed by atoms with E-state index in [1.165, 1.54) is 0 Å². The molecule has 2 rings (SSSR count). The number of amides is 1. The molecule has 6 nitrogen and oxygen atoms in total. The number of benzene rings is 1. The molecule has 0 saturated heterocycles. The lowest BCUT2D eigenvalue weighted by molar-refractivity contribution is -0.139. The quantitative estimate of drug-likeness (QED) is 0.239. The molecule has 1 aromatic rings. The van der Waals surface area contributed by atoms with Crippen molar-refractivity contribution in [1.29, 1.82) is 0 Å². The lowest BCUT2D eigenvalue weighted by atomic mass is 10.0. The van der Waals surface area contributed by atoms with Gasteiger partial charge in [-0.2, -0.15) is 13.2 Å². The van der Waals surface area contributed by atoms with E-state index in [1.807, 2.05) is 37.3 Å². The Morgan fingerprint density at radius 2 is 2.03 bits per heavy atom. The topological polar surface area (TPSA) is 102 Å². The highest BCUT2D eigenvalue weighted by Gasteiger charge is 2.40. The number of terminal acetylenes is 1. The van der Waals surface area contributed by atoms with Crippen LogP contribution in [0.3, 0.4) is 0 Å². The Bertz CT molecular complexity index is 1130. The molecular weight excluding hydrogens is 497 g/mol. The zero-order valence-electron chi connectivity index (χ0n) is 19.4. The van der Waals surface area contributed by atoms with Gasteiger partial charge in [0.1, 0.15) is 5.76 Å². The van der Waals surface area contributed by atoms with E-state index >= 15 is 0 Å². The van der Waals surface area contributed by atoms with Crippen LogP contribution in [-0.2, 0) is 20.7 Å². The van der Waals surface area contributed by atoms with E-state index in [9.17, 15) is 22.8 Å². The Balaban J connectivity index is 2.12. The molecule has 0 bridgehead atoms. The van der Waals surface area contributed by atoms with Gasteiger partial charge in [0.15, 0.2) is 0 Å². The fourth-order valence-electron chi connectivity index (χ4n) is 3.37. The summed E-state index contributed by atoms with van der Waals surface area (Å²) in [5.74, 6) is -0.177. The highest BCUT2D eigenvalue weighted by molar-refractivity contribution is 6.22. The molecule has 0 aliphatic heterocycles. The Morgan fingerprint density at radius 1 is 1.36 bits per heavy atom. The van der Waals surface area contributed by atoms with E-state index in [0.29, 0.717) is 12.5 Å². The highest BCUT2D eigenvalue weighted by Crippen LogP contribution is 2.37. The lowest BCUT2D eigenvalue weighted by Gasteiger charge is -2.26. The average molecular weight is 523 g/mol. The van der Waals surface area contributed by atoms with Crippen LogP contribution in [0.4, 0.5) is 13.2 Å². The van der Waals surface area contributed by atoms with Crippen LogP contribution in [0.2, 0.25) is 0 Å². The van der Waals surface area contributed by atoms with E-state index in [4.69, 9.17) is 33.6 Å². The standard InChI is InChI=1S/C26H26ClF3N2O4/c1-3-5-6-17(4-2)18-9-7-16(8-10-18)11-12-36-23-14-20(27)22(13-19(23)26(28,29)30)32-25(35)21(31)15-24(33)34/h1,4-10,13,20-21H,11-12,14-15,31H2,2H3,(H,32,35)(H,33,34)/b6-5-,17-4+/t20-,21?/m1/s1. The molecule has 0 heterocycles. The maximum Gasteiger partial charge on any atom is 0.419 e. The summed E-state index contributed by atoms with van der Waals surface area (Å²) in [7, 11) is 0. The maximum atomic E-state index is 13.7. The predicted octanol–water partition coefficient (Wildman–Crippen LogP) is 4.47. The number of allylic oxidation sites excluding steroid dienone is 8. The number of halogens is 4. The van der Waals surface area contributed by atoms with Crippen LogP contribution in [0.1, 0.15) is 30.9 Å². The summed E-state index contributed by atoms with van der Waals surface area (Å²) in [5, 5.41) is 9.91. The summed E-state index contributed by atoms with van der Waals surface area (Å²) < 4.78 is 46.5. The van der Waals surface area contributed by atoms with Crippen LogP contribution in [0.25, 0.3) is 5.57 Å². The number of carboxylic acid groups (broad SMARTS) is 1. The van der Waals surface area contributed by atoms with Crippen LogP contribution < -0.4 is 11.1 Å². The predicted molar refractivity (Wildman–Crippen MR) is 132 cm³/mol. The van der Waals surface area contributed by atoms with Crippen LogP contribution in [0.5, 0.6) is 0 Å². The minimum Gasteiger partial charge on any atom is -0.497 e. The number of carbonyl (C=O) groups excluding carboxylic acids is 1. The number of rotatable bonds is 10. The first kappa shape index (κ1) is 28.8. The van der Waals surface area contributed by atoms with E-state index in [1.54, 1.807) is 12.2 Å². The van der Waals surface area contributed by atoms with Gasteiger partial charge in [-0.1, -0.05) is 36.3 Å². The summed E-state index contributed by atoms with van der Waals surface area (Å²) in [6.07, 6.45) is 5.84. The highest BCUT2D eigenvalue weighted by atomic mass is 35.5. The van der Waals surface area contributed by atoms with Crippen molar-refractivity contribution in [3.05, 3.63) is 76.7 Å². The van der Waals surface area contributed by atoms with E-state index in [2.05, 4.69) is 11.2 Å². The number of carbonyl (C=O) groups is 2. The largest absolute Gasteiger partial charge is 0.497 e. The van der Waals surface area contributed by atoms with Crippen molar-refractivity contribution in [3.63, 3.8) is 0 Å². The number of carboxylic acids is 1. The molecule has 0 aromatic heterocycles. The van der Waals surface area contributed by atoms with Gasteiger partial charge in [-0.25, -0.2) is 0 Å². The SMILES string of the molecule is C#C/C=C\C(=C/C)c1ccc(CCOC2=C(C(F)(F)F)C=C(NC(=O)C(N)CC(=O)O)[C@H](Cl)C2)cc1. The lowest BCUT2D eigenvalue weighted by Crippen LogP contribution is -2.43. The number of aliphatic carboxylic acids is 1. The molecule has 1 aliphatic rings. The first-order chi connectivity index (χ1) is 17.0. The molecule has 36 heavy (non-hydrogen) atoms. The minimum absolute atomic E-state index is 0.0235. The zero-order chi connectivity index (χ0) is 26.9. The van der Waals surface area contributed by atoms with E-state index < -0.39 is 41.5 Å². The van der Waals surface area contributed by atoms with Crippen molar-refractivity contribution in [3.8, 4) is 12.3 Å². The normalized spacial score (nSPS) is 17.4. The van der Waals surface area contributed by atoms with Gasteiger partial charge < -0.3 is 20.9 Å². The van der Waals surface area contributed by atoms with Gasteiger partial charge in [0.05, 0.1) is 30.0 Å². The second-order valence-electron chi connectivity index (χ2n) is 7.84. The smallest absolute Gasteiger partial charge is 0.419 e.